The number of halogens is 1. The Hall–Kier alpha value is -2.50. The number of sulfonamides is 1. The Kier molecular flexibility index (Phi) is 6.88. The summed E-state index contributed by atoms with van der Waals surface area (Å²) in [6.45, 7) is 5.29. The number of hydrogen-bond donors (Lipinski definition) is 0. The van der Waals surface area contributed by atoms with Crippen LogP contribution >= 0.6 is 0 Å². The molecule has 33 heavy (non-hydrogen) atoms. The molecule has 0 spiro atoms. The van der Waals surface area contributed by atoms with Crippen LogP contribution in [0.25, 0.3) is 0 Å². The fourth-order valence-electron chi connectivity index (χ4n) is 3.64. The van der Waals surface area contributed by atoms with E-state index in [1.54, 1.807) is 25.7 Å². The lowest BCUT2D eigenvalue weighted by molar-refractivity contribution is -0.149. The lowest BCUT2D eigenvalue weighted by atomic mass is 10.0. The van der Waals surface area contributed by atoms with Crippen molar-refractivity contribution in [3.05, 3.63) is 54.3 Å². The molecule has 1 unspecified atom stereocenters. The van der Waals surface area contributed by atoms with Crippen molar-refractivity contribution in [3.63, 3.8) is 0 Å². The number of carbonyl (C=O) groups excluding carboxylic acids is 1. The molecule has 1 saturated heterocycles. The van der Waals surface area contributed by atoms with Crippen molar-refractivity contribution in [1.82, 2.24) is 9.21 Å². The maximum Gasteiger partial charge on any atom is 0.266 e. The second-order valence-corrected chi connectivity index (χ2v) is 12.5. The first-order valence-corrected chi connectivity index (χ1v) is 13.6. The summed E-state index contributed by atoms with van der Waals surface area (Å²) in [4.78, 5) is 14.8. The van der Waals surface area contributed by atoms with Gasteiger partial charge in [-0.3, -0.25) is 4.79 Å². The highest BCUT2D eigenvalue weighted by atomic mass is 32.2. The van der Waals surface area contributed by atoms with E-state index in [9.17, 15) is 26.0 Å². The highest BCUT2D eigenvalue weighted by Gasteiger charge is 2.40. The zero-order valence-electron chi connectivity index (χ0n) is 18.9. The monoisotopic (exact) mass is 498 g/mol. The second kappa shape index (κ2) is 9.03. The number of nitrogens with zero attached hydrogens (tertiary/aromatic N) is 2. The summed E-state index contributed by atoms with van der Waals surface area (Å²) in [5.41, 5.74) is -1.24. The number of carbonyl (C=O) groups is 1. The first-order chi connectivity index (χ1) is 15.2. The molecular formula is C22H27FN2O6S2. The van der Waals surface area contributed by atoms with Crippen molar-refractivity contribution in [1.29, 1.82) is 0 Å². The Balaban J connectivity index is 1.71. The summed E-state index contributed by atoms with van der Waals surface area (Å²) >= 11 is 0. The lowest BCUT2D eigenvalue weighted by Crippen LogP contribution is -2.60. The van der Waals surface area contributed by atoms with Gasteiger partial charge in [-0.05, 0) is 69.3 Å². The molecule has 0 saturated carbocycles. The highest BCUT2D eigenvalue weighted by Crippen LogP contribution is 2.25. The Morgan fingerprint density at radius 3 is 2.03 bits per heavy atom. The molecule has 0 aliphatic carbocycles. The third-order valence-corrected chi connectivity index (χ3v) is 8.45. The summed E-state index contributed by atoms with van der Waals surface area (Å²) in [6.07, 6.45) is 1.05. The molecule has 180 valence electrons. The van der Waals surface area contributed by atoms with Crippen LogP contribution in [0.15, 0.2) is 58.3 Å². The van der Waals surface area contributed by atoms with Gasteiger partial charge in [-0.1, -0.05) is 0 Å². The average molecular weight is 499 g/mol. The molecule has 1 aliphatic rings. The molecule has 3 rings (SSSR count). The molecule has 2 aromatic carbocycles. The number of benzene rings is 2. The van der Waals surface area contributed by atoms with Gasteiger partial charge in [-0.2, -0.15) is 4.31 Å². The van der Waals surface area contributed by atoms with Crippen LogP contribution in [-0.2, 0) is 24.7 Å². The minimum absolute atomic E-state index is 0.0122. The van der Waals surface area contributed by atoms with Gasteiger partial charge < -0.3 is 9.64 Å². The predicted molar refractivity (Wildman–Crippen MR) is 121 cm³/mol. The Labute approximate surface area is 193 Å². The number of piperazine rings is 1. The van der Waals surface area contributed by atoms with Crippen LogP contribution in [0.1, 0.15) is 20.8 Å². The minimum atomic E-state index is -3.86. The molecule has 2 aromatic rings. The van der Waals surface area contributed by atoms with Crippen molar-refractivity contribution in [2.45, 2.75) is 42.2 Å². The van der Waals surface area contributed by atoms with Crippen LogP contribution in [0.2, 0.25) is 0 Å². The molecule has 1 heterocycles. The van der Waals surface area contributed by atoms with Crippen molar-refractivity contribution < 1.29 is 30.8 Å². The van der Waals surface area contributed by atoms with E-state index in [1.807, 2.05) is 0 Å². The standard InChI is InChI=1S/C22H27FN2O6S2/c1-16-15-24(33(29,30)20-11-9-19(10-12-20)32(4,27)28)13-14-25(16)21(26)22(2,3)31-18-7-5-17(23)6-8-18/h5-12,16H,13-15H2,1-4H3. The van der Waals surface area contributed by atoms with Crippen LogP contribution in [0.5, 0.6) is 5.75 Å². The third-order valence-electron chi connectivity index (χ3n) is 5.44. The molecule has 1 amide bonds. The van der Waals surface area contributed by atoms with Crippen molar-refractivity contribution >= 4 is 25.8 Å². The lowest BCUT2D eigenvalue weighted by Gasteiger charge is -2.42. The van der Waals surface area contributed by atoms with Crippen LogP contribution in [0.4, 0.5) is 4.39 Å². The Morgan fingerprint density at radius 2 is 1.52 bits per heavy atom. The predicted octanol–water partition coefficient (Wildman–Crippen LogP) is 2.31. The summed E-state index contributed by atoms with van der Waals surface area (Å²) in [7, 11) is -7.30. The first kappa shape index (κ1) is 25.1. The largest absolute Gasteiger partial charge is 0.478 e. The summed E-state index contributed by atoms with van der Waals surface area (Å²) in [6, 6.07) is 10.0. The molecule has 8 nitrogen and oxygen atoms in total. The second-order valence-electron chi connectivity index (χ2n) is 8.52. The van der Waals surface area contributed by atoms with Gasteiger partial charge in [-0.25, -0.2) is 21.2 Å². The van der Waals surface area contributed by atoms with Gasteiger partial charge in [0.15, 0.2) is 15.4 Å². The van der Waals surface area contributed by atoms with E-state index >= 15 is 0 Å². The van der Waals surface area contributed by atoms with E-state index in [4.69, 9.17) is 4.74 Å². The van der Waals surface area contributed by atoms with Gasteiger partial charge in [0, 0.05) is 31.9 Å². The molecular weight excluding hydrogens is 471 g/mol. The van der Waals surface area contributed by atoms with E-state index in [0.717, 1.165) is 6.26 Å². The van der Waals surface area contributed by atoms with Crippen molar-refractivity contribution in [3.8, 4) is 5.75 Å². The molecule has 1 aliphatic heterocycles. The van der Waals surface area contributed by atoms with E-state index < -0.39 is 37.3 Å². The number of sulfone groups is 1. The topological polar surface area (TPSA) is 101 Å². The molecule has 0 N–H and O–H groups in total. The molecule has 1 fully saturated rings. The minimum Gasteiger partial charge on any atom is -0.478 e. The zero-order chi connectivity index (χ0) is 24.6. The number of hydrogen-bond acceptors (Lipinski definition) is 6. The maximum absolute atomic E-state index is 13.2. The van der Waals surface area contributed by atoms with Crippen molar-refractivity contribution in [2.75, 3.05) is 25.9 Å². The van der Waals surface area contributed by atoms with Crippen molar-refractivity contribution in [2.24, 2.45) is 0 Å². The van der Waals surface area contributed by atoms with E-state index in [2.05, 4.69) is 0 Å². The zero-order valence-corrected chi connectivity index (χ0v) is 20.5. The Bertz CT molecular complexity index is 1230. The highest BCUT2D eigenvalue weighted by molar-refractivity contribution is 7.90. The summed E-state index contributed by atoms with van der Waals surface area (Å²) < 4.78 is 69.6. The number of ether oxygens (including phenoxy) is 1. The fraction of sp³-hybridized carbons (Fsp3) is 0.409. The van der Waals surface area contributed by atoms with E-state index in [1.165, 1.54) is 52.8 Å². The first-order valence-electron chi connectivity index (χ1n) is 10.3. The molecule has 0 aromatic heterocycles. The molecule has 0 bridgehead atoms. The SMILES string of the molecule is CC1CN(S(=O)(=O)c2ccc(S(C)(=O)=O)cc2)CCN1C(=O)C(C)(C)Oc1ccc(F)cc1. The van der Waals surface area contributed by atoms with Gasteiger partial charge in [0.05, 0.1) is 9.79 Å². The van der Waals surface area contributed by atoms with Crippen LogP contribution < -0.4 is 4.74 Å². The van der Waals surface area contributed by atoms with Crippen LogP contribution in [0.3, 0.4) is 0 Å². The number of amides is 1. The quantitative estimate of drug-likeness (QED) is 0.606. The molecule has 0 radical (unpaired) electrons. The number of rotatable bonds is 6. The average Bonchev–Trinajstić information content (AvgIpc) is 2.74. The van der Waals surface area contributed by atoms with Gasteiger partial charge >= 0.3 is 0 Å². The van der Waals surface area contributed by atoms with Gasteiger partial charge in [0.1, 0.15) is 11.6 Å². The van der Waals surface area contributed by atoms with E-state index in [0.29, 0.717) is 5.75 Å². The maximum atomic E-state index is 13.2. The van der Waals surface area contributed by atoms with Gasteiger partial charge in [0.2, 0.25) is 10.0 Å². The van der Waals surface area contributed by atoms with Gasteiger partial charge in [-0.15, -0.1) is 0 Å². The summed E-state index contributed by atoms with van der Waals surface area (Å²) in [5, 5.41) is 0. The summed E-state index contributed by atoms with van der Waals surface area (Å²) in [5.74, 6) is -0.376. The fourth-order valence-corrected chi connectivity index (χ4v) is 5.78. The normalized spacial score (nSPS) is 18.2. The van der Waals surface area contributed by atoms with Crippen LogP contribution in [-0.4, -0.2) is 69.5 Å². The Morgan fingerprint density at radius 1 is 0.970 bits per heavy atom. The third kappa shape index (κ3) is 5.53. The molecule has 1 atom stereocenters. The van der Waals surface area contributed by atoms with E-state index in [-0.39, 0.29) is 35.3 Å². The van der Waals surface area contributed by atoms with Crippen LogP contribution in [0, 0.1) is 5.82 Å². The molecule has 11 heteroatoms. The smallest absolute Gasteiger partial charge is 0.266 e. The van der Waals surface area contributed by atoms with Gasteiger partial charge in [0.25, 0.3) is 5.91 Å².